The van der Waals surface area contributed by atoms with Crippen LogP contribution in [-0.2, 0) is 9.53 Å². The van der Waals surface area contributed by atoms with Crippen LogP contribution in [0.3, 0.4) is 0 Å². The third kappa shape index (κ3) is 4.49. The van der Waals surface area contributed by atoms with E-state index in [1.54, 1.807) is 0 Å². The van der Waals surface area contributed by atoms with Crippen LogP contribution in [-0.4, -0.2) is 24.3 Å². The first-order valence-electron chi connectivity index (χ1n) is 6.53. The number of benzene rings is 1. The molecule has 18 heavy (non-hydrogen) atoms. The molecule has 1 unspecified atom stereocenters. The molecule has 0 aliphatic rings. The summed E-state index contributed by atoms with van der Waals surface area (Å²) in [4.78, 5) is 11.3. The molecule has 0 spiro atoms. The fourth-order valence-electron chi connectivity index (χ4n) is 1.94. The van der Waals surface area contributed by atoms with Gasteiger partial charge >= 0.3 is 5.97 Å². The average molecular weight is 250 g/mol. The first-order chi connectivity index (χ1) is 8.66. The van der Waals surface area contributed by atoms with Crippen molar-refractivity contribution in [3.63, 3.8) is 0 Å². The summed E-state index contributed by atoms with van der Waals surface area (Å²) in [5.74, 6) is -1.24. The maximum Gasteiger partial charge on any atom is 0.311 e. The summed E-state index contributed by atoms with van der Waals surface area (Å²) in [5.41, 5.74) is 1.92. The molecule has 100 valence electrons. The molecule has 3 nitrogen and oxygen atoms in total. The molecule has 0 aromatic heterocycles. The Hall–Kier alpha value is -1.35. The van der Waals surface area contributed by atoms with E-state index in [0.717, 1.165) is 30.6 Å². The number of hydrogen-bond donors (Lipinski definition) is 1. The lowest BCUT2D eigenvalue weighted by Gasteiger charge is -2.15. The molecule has 0 saturated carbocycles. The number of carbonyl (C=O) groups is 1. The Morgan fingerprint density at radius 2 is 2.06 bits per heavy atom. The summed E-state index contributed by atoms with van der Waals surface area (Å²) < 4.78 is 5.45. The standard InChI is InChI=1S/C15H22O3/c1-3-4-10-18-11-9-14(15(16)17)13-8-6-5-7-12(13)2/h5-8,14H,3-4,9-11H2,1-2H3,(H,16,17). The van der Waals surface area contributed by atoms with E-state index in [9.17, 15) is 9.90 Å². The van der Waals surface area contributed by atoms with Crippen molar-refractivity contribution in [1.29, 1.82) is 0 Å². The third-order valence-electron chi connectivity index (χ3n) is 3.06. The number of unbranched alkanes of at least 4 members (excludes halogenated alkanes) is 1. The highest BCUT2D eigenvalue weighted by Crippen LogP contribution is 2.23. The van der Waals surface area contributed by atoms with Gasteiger partial charge in [-0.05, 0) is 30.9 Å². The number of aliphatic carboxylic acids is 1. The smallest absolute Gasteiger partial charge is 0.311 e. The second kappa shape index (κ2) is 7.88. The molecule has 1 N–H and O–H groups in total. The maximum absolute atomic E-state index is 11.3. The summed E-state index contributed by atoms with van der Waals surface area (Å²) in [6, 6.07) is 7.65. The maximum atomic E-state index is 11.3. The van der Waals surface area contributed by atoms with Gasteiger partial charge in [0.15, 0.2) is 0 Å². The van der Waals surface area contributed by atoms with Crippen LogP contribution in [0.25, 0.3) is 0 Å². The van der Waals surface area contributed by atoms with E-state index in [-0.39, 0.29) is 0 Å². The van der Waals surface area contributed by atoms with Crippen LogP contribution in [0.1, 0.15) is 43.2 Å². The van der Waals surface area contributed by atoms with E-state index in [4.69, 9.17) is 4.74 Å². The topological polar surface area (TPSA) is 46.5 Å². The lowest BCUT2D eigenvalue weighted by atomic mass is 9.92. The number of rotatable bonds is 8. The molecule has 0 radical (unpaired) electrons. The van der Waals surface area contributed by atoms with Crippen molar-refractivity contribution in [2.24, 2.45) is 0 Å². The number of carboxylic acid groups (broad SMARTS) is 1. The predicted molar refractivity (Wildman–Crippen MR) is 71.9 cm³/mol. The van der Waals surface area contributed by atoms with Gasteiger partial charge in [0.1, 0.15) is 0 Å². The largest absolute Gasteiger partial charge is 0.481 e. The summed E-state index contributed by atoms with van der Waals surface area (Å²) >= 11 is 0. The molecule has 3 heteroatoms. The van der Waals surface area contributed by atoms with Crippen molar-refractivity contribution in [1.82, 2.24) is 0 Å². The molecule has 0 fully saturated rings. The van der Waals surface area contributed by atoms with Crippen LogP contribution < -0.4 is 0 Å². The highest BCUT2D eigenvalue weighted by molar-refractivity contribution is 5.76. The van der Waals surface area contributed by atoms with Crippen molar-refractivity contribution < 1.29 is 14.6 Å². The fourth-order valence-corrected chi connectivity index (χ4v) is 1.94. The molecule has 1 aromatic rings. The zero-order chi connectivity index (χ0) is 13.4. The van der Waals surface area contributed by atoms with Gasteiger partial charge in [0.2, 0.25) is 0 Å². The summed E-state index contributed by atoms with van der Waals surface area (Å²) in [6.07, 6.45) is 2.66. The fraction of sp³-hybridized carbons (Fsp3) is 0.533. The molecule has 1 aromatic carbocycles. The molecule has 0 saturated heterocycles. The van der Waals surface area contributed by atoms with Crippen LogP contribution >= 0.6 is 0 Å². The SMILES string of the molecule is CCCCOCCC(C(=O)O)c1ccccc1C. The summed E-state index contributed by atoms with van der Waals surface area (Å²) in [5, 5.41) is 9.30. The highest BCUT2D eigenvalue weighted by Gasteiger charge is 2.20. The second-order valence-electron chi connectivity index (χ2n) is 4.50. The van der Waals surface area contributed by atoms with Gasteiger partial charge in [-0.2, -0.15) is 0 Å². The van der Waals surface area contributed by atoms with Crippen LogP contribution in [0.5, 0.6) is 0 Å². The Labute approximate surface area is 109 Å². The molecular formula is C15H22O3. The molecule has 0 bridgehead atoms. The van der Waals surface area contributed by atoms with Gasteiger partial charge in [-0.1, -0.05) is 37.6 Å². The highest BCUT2D eigenvalue weighted by atomic mass is 16.5. The lowest BCUT2D eigenvalue weighted by Crippen LogP contribution is -2.15. The van der Waals surface area contributed by atoms with E-state index >= 15 is 0 Å². The van der Waals surface area contributed by atoms with Crippen molar-refractivity contribution >= 4 is 5.97 Å². The van der Waals surface area contributed by atoms with Crippen molar-refractivity contribution in [2.75, 3.05) is 13.2 Å². The lowest BCUT2D eigenvalue weighted by molar-refractivity contribution is -0.139. The Kier molecular flexibility index (Phi) is 6.44. The average Bonchev–Trinajstić information content (AvgIpc) is 2.35. The Morgan fingerprint density at radius 1 is 1.33 bits per heavy atom. The zero-order valence-corrected chi connectivity index (χ0v) is 11.2. The summed E-state index contributed by atoms with van der Waals surface area (Å²) in [7, 11) is 0. The van der Waals surface area contributed by atoms with Crippen molar-refractivity contribution in [3.05, 3.63) is 35.4 Å². The molecule has 0 aliphatic heterocycles. The number of ether oxygens (including phenoxy) is 1. The Balaban J connectivity index is 2.56. The van der Waals surface area contributed by atoms with Crippen molar-refractivity contribution in [3.8, 4) is 0 Å². The van der Waals surface area contributed by atoms with Gasteiger partial charge in [0.25, 0.3) is 0 Å². The Bertz CT molecular complexity index is 374. The van der Waals surface area contributed by atoms with Gasteiger partial charge in [-0.3, -0.25) is 4.79 Å². The quantitative estimate of drug-likeness (QED) is 0.719. The predicted octanol–water partition coefficient (Wildman–Crippen LogP) is 3.37. The van der Waals surface area contributed by atoms with Crippen molar-refractivity contribution in [2.45, 2.75) is 39.0 Å². The zero-order valence-electron chi connectivity index (χ0n) is 11.2. The molecule has 1 rings (SSSR count). The molecule has 0 amide bonds. The van der Waals surface area contributed by atoms with Crippen LogP contribution in [0, 0.1) is 6.92 Å². The molecule has 0 aliphatic carbocycles. The summed E-state index contributed by atoms with van der Waals surface area (Å²) in [6.45, 7) is 5.28. The van der Waals surface area contributed by atoms with Gasteiger partial charge in [0.05, 0.1) is 5.92 Å². The first-order valence-corrected chi connectivity index (χ1v) is 6.53. The van der Waals surface area contributed by atoms with E-state index < -0.39 is 11.9 Å². The van der Waals surface area contributed by atoms with E-state index in [1.807, 2.05) is 31.2 Å². The second-order valence-corrected chi connectivity index (χ2v) is 4.50. The van der Waals surface area contributed by atoms with Gasteiger partial charge < -0.3 is 9.84 Å². The number of aryl methyl sites for hydroxylation is 1. The van der Waals surface area contributed by atoms with Crippen LogP contribution in [0.4, 0.5) is 0 Å². The minimum Gasteiger partial charge on any atom is -0.481 e. The minimum atomic E-state index is -0.775. The minimum absolute atomic E-state index is 0.465. The normalized spacial score (nSPS) is 12.3. The van der Waals surface area contributed by atoms with E-state index in [0.29, 0.717) is 13.0 Å². The van der Waals surface area contributed by atoms with Crippen LogP contribution in [0.15, 0.2) is 24.3 Å². The first kappa shape index (κ1) is 14.7. The monoisotopic (exact) mass is 250 g/mol. The molecule has 1 atom stereocenters. The van der Waals surface area contributed by atoms with Gasteiger partial charge in [0, 0.05) is 13.2 Å². The van der Waals surface area contributed by atoms with Crippen LogP contribution in [0.2, 0.25) is 0 Å². The number of carboxylic acids is 1. The molecule has 0 heterocycles. The number of hydrogen-bond acceptors (Lipinski definition) is 2. The van der Waals surface area contributed by atoms with Gasteiger partial charge in [-0.15, -0.1) is 0 Å². The molecular weight excluding hydrogens is 228 g/mol. The van der Waals surface area contributed by atoms with E-state index in [2.05, 4.69) is 6.92 Å². The third-order valence-corrected chi connectivity index (χ3v) is 3.06. The van der Waals surface area contributed by atoms with Gasteiger partial charge in [-0.25, -0.2) is 0 Å². The Morgan fingerprint density at radius 3 is 2.67 bits per heavy atom. The van der Waals surface area contributed by atoms with E-state index in [1.165, 1.54) is 0 Å².